The fraction of sp³-hybridized carbons (Fsp3) is 0.500. The van der Waals surface area contributed by atoms with Crippen molar-refractivity contribution >= 4 is 29.9 Å². The van der Waals surface area contributed by atoms with Crippen LogP contribution in [0.5, 0.6) is 0 Å². The highest BCUT2D eigenvalue weighted by molar-refractivity contribution is 6.31. The molecule has 5 nitrogen and oxygen atoms in total. The topological polar surface area (TPSA) is 50.2 Å². The Morgan fingerprint density at radius 2 is 2.15 bits per heavy atom. The van der Waals surface area contributed by atoms with Gasteiger partial charge in [0.25, 0.3) is 0 Å². The number of rotatable bonds is 4. The van der Waals surface area contributed by atoms with Gasteiger partial charge in [0.1, 0.15) is 0 Å². The summed E-state index contributed by atoms with van der Waals surface area (Å²) in [4.78, 5) is 15.5. The van der Waals surface area contributed by atoms with E-state index in [2.05, 4.69) is 21.4 Å². The maximum atomic E-state index is 13.3. The lowest BCUT2D eigenvalue weighted by Gasteiger charge is -2.29. The number of hydrogen-bond donors (Lipinski definition) is 1. The Morgan fingerprint density at radius 1 is 1.33 bits per heavy atom. The van der Waals surface area contributed by atoms with Gasteiger partial charge in [-0.1, -0.05) is 29.8 Å². The molecule has 0 bridgehead atoms. The summed E-state index contributed by atoms with van der Waals surface area (Å²) >= 11 is 6.34. The van der Waals surface area contributed by atoms with E-state index in [1.54, 1.807) is 0 Å². The molecule has 3 heterocycles. The normalized spacial score (nSPS) is 24.8. The van der Waals surface area contributed by atoms with Crippen LogP contribution in [0.3, 0.4) is 0 Å². The standard InChI is InChI=1S/C20H25ClN4O.ClH/c1-24-13-15(10-23-24)17-11-22-12-18(17)20(26)25-8-4-6-16(25)9-14-5-2-3-7-19(14)21;/h2-3,5,7,10,13,16-18,22H,4,6,8-9,11-12H2,1H3;1H/t16?,17-,18+;/m1./s1. The molecular weight excluding hydrogens is 383 g/mol. The monoisotopic (exact) mass is 408 g/mol. The molecule has 1 aromatic heterocycles. The van der Waals surface area contributed by atoms with E-state index in [0.29, 0.717) is 0 Å². The lowest BCUT2D eigenvalue weighted by atomic mass is 9.89. The van der Waals surface area contributed by atoms with E-state index in [-0.39, 0.29) is 36.2 Å². The predicted octanol–water partition coefficient (Wildman–Crippen LogP) is 3.03. The minimum Gasteiger partial charge on any atom is -0.339 e. The lowest BCUT2D eigenvalue weighted by molar-refractivity contribution is -0.136. The van der Waals surface area contributed by atoms with Crippen molar-refractivity contribution in [3.63, 3.8) is 0 Å². The van der Waals surface area contributed by atoms with Crippen molar-refractivity contribution in [3.8, 4) is 0 Å². The van der Waals surface area contributed by atoms with Gasteiger partial charge in [0.2, 0.25) is 5.91 Å². The van der Waals surface area contributed by atoms with E-state index < -0.39 is 0 Å². The van der Waals surface area contributed by atoms with Gasteiger partial charge in [0.15, 0.2) is 0 Å². The van der Waals surface area contributed by atoms with Gasteiger partial charge in [-0.25, -0.2) is 0 Å². The Hall–Kier alpha value is -1.56. The first kappa shape index (κ1) is 20.2. The third kappa shape index (κ3) is 4.15. The number of halogens is 2. The SMILES string of the molecule is Cl.Cn1cc([C@H]2CNC[C@@H]2C(=O)N2CCCC2Cc2ccccc2Cl)cn1. The van der Waals surface area contributed by atoms with Crippen molar-refractivity contribution in [2.24, 2.45) is 13.0 Å². The zero-order valence-electron chi connectivity index (χ0n) is 15.5. The van der Waals surface area contributed by atoms with Gasteiger partial charge >= 0.3 is 0 Å². The summed E-state index contributed by atoms with van der Waals surface area (Å²) < 4.78 is 1.81. The molecule has 2 fully saturated rings. The number of nitrogens with one attached hydrogen (secondary N) is 1. The fourth-order valence-electron chi connectivity index (χ4n) is 4.39. The van der Waals surface area contributed by atoms with Gasteiger partial charge in [-0.2, -0.15) is 5.10 Å². The predicted molar refractivity (Wildman–Crippen MR) is 109 cm³/mol. The highest BCUT2D eigenvalue weighted by Gasteiger charge is 2.40. The van der Waals surface area contributed by atoms with E-state index in [1.165, 1.54) is 0 Å². The number of aryl methyl sites for hydroxylation is 1. The first-order valence-electron chi connectivity index (χ1n) is 9.36. The molecule has 2 saturated heterocycles. The van der Waals surface area contributed by atoms with Crippen LogP contribution in [0, 0.1) is 5.92 Å². The maximum absolute atomic E-state index is 13.3. The Balaban J connectivity index is 0.00000210. The molecule has 2 aliphatic rings. The van der Waals surface area contributed by atoms with Crippen molar-refractivity contribution in [3.05, 3.63) is 52.8 Å². The van der Waals surface area contributed by atoms with Crippen LogP contribution >= 0.6 is 24.0 Å². The molecule has 27 heavy (non-hydrogen) atoms. The highest BCUT2D eigenvalue weighted by Crippen LogP contribution is 2.33. The number of likely N-dealkylation sites (tertiary alicyclic amines) is 1. The van der Waals surface area contributed by atoms with Crippen molar-refractivity contribution in [2.45, 2.75) is 31.2 Å². The second-order valence-electron chi connectivity index (χ2n) is 7.44. The highest BCUT2D eigenvalue weighted by atomic mass is 35.5. The summed E-state index contributed by atoms with van der Waals surface area (Å²) in [5.74, 6) is 0.474. The zero-order valence-corrected chi connectivity index (χ0v) is 17.0. The molecule has 2 aromatic rings. The van der Waals surface area contributed by atoms with E-state index in [0.717, 1.165) is 55.0 Å². The van der Waals surface area contributed by atoms with Crippen LogP contribution in [-0.2, 0) is 18.3 Å². The van der Waals surface area contributed by atoms with Crippen LogP contribution in [0.4, 0.5) is 0 Å². The molecule has 4 rings (SSSR count). The molecule has 7 heteroatoms. The first-order valence-corrected chi connectivity index (χ1v) is 9.74. The molecule has 2 aliphatic heterocycles. The van der Waals surface area contributed by atoms with E-state index in [9.17, 15) is 4.79 Å². The zero-order chi connectivity index (χ0) is 18.1. The van der Waals surface area contributed by atoms with Crippen molar-refractivity contribution < 1.29 is 4.79 Å². The molecule has 146 valence electrons. The second kappa shape index (κ2) is 8.63. The number of carbonyl (C=O) groups excluding carboxylic acids is 1. The quantitative estimate of drug-likeness (QED) is 0.845. The molecule has 0 radical (unpaired) electrons. The molecule has 1 amide bonds. The third-order valence-corrected chi connectivity index (χ3v) is 6.13. The van der Waals surface area contributed by atoms with Crippen molar-refractivity contribution in [1.29, 1.82) is 0 Å². The second-order valence-corrected chi connectivity index (χ2v) is 7.85. The average Bonchev–Trinajstić information content (AvgIpc) is 3.36. The minimum atomic E-state index is -0.00829. The van der Waals surface area contributed by atoms with Crippen LogP contribution in [0.1, 0.15) is 29.9 Å². The fourth-order valence-corrected chi connectivity index (χ4v) is 4.60. The lowest BCUT2D eigenvalue weighted by Crippen LogP contribution is -2.42. The van der Waals surface area contributed by atoms with Gasteiger partial charge in [0.05, 0.1) is 12.1 Å². The van der Waals surface area contributed by atoms with Gasteiger partial charge in [-0.05, 0) is 36.5 Å². The van der Waals surface area contributed by atoms with Crippen LogP contribution in [0.2, 0.25) is 5.02 Å². The largest absolute Gasteiger partial charge is 0.339 e. The summed E-state index contributed by atoms with van der Waals surface area (Å²) in [7, 11) is 1.92. The van der Waals surface area contributed by atoms with Gasteiger partial charge in [-0.15, -0.1) is 12.4 Å². The summed E-state index contributed by atoms with van der Waals surface area (Å²) in [6, 6.07) is 8.21. The summed E-state index contributed by atoms with van der Waals surface area (Å²) in [5.41, 5.74) is 2.28. The number of amides is 1. The number of carbonyl (C=O) groups is 1. The van der Waals surface area contributed by atoms with Crippen molar-refractivity contribution in [2.75, 3.05) is 19.6 Å². The molecule has 0 aliphatic carbocycles. The molecule has 3 atom stereocenters. The first-order chi connectivity index (χ1) is 12.6. The maximum Gasteiger partial charge on any atom is 0.227 e. The molecule has 0 saturated carbocycles. The molecule has 0 spiro atoms. The van der Waals surface area contributed by atoms with Gasteiger partial charge in [0, 0.05) is 49.9 Å². The third-order valence-electron chi connectivity index (χ3n) is 5.76. The molecular formula is C20H26Cl2N4O. The van der Waals surface area contributed by atoms with Crippen LogP contribution in [-0.4, -0.2) is 46.3 Å². The number of nitrogens with zero attached hydrogens (tertiary/aromatic N) is 3. The number of hydrogen-bond acceptors (Lipinski definition) is 3. The summed E-state index contributed by atoms with van der Waals surface area (Å²) in [6.07, 6.45) is 6.88. The minimum absolute atomic E-state index is 0. The Labute approximate surface area is 171 Å². The molecule has 1 unspecified atom stereocenters. The summed E-state index contributed by atoms with van der Waals surface area (Å²) in [6.45, 7) is 2.43. The summed E-state index contributed by atoms with van der Waals surface area (Å²) in [5, 5.41) is 8.48. The van der Waals surface area contributed by atoms with Crippen molar-refractivity contribution in [1.82, 2.24) is 20.0 Å². The van der Waals surface area contributed by atoms with Crippen LogP contribution in [0.25, 0.3) is 0 Å². The average molecular weight is 409 g/mol. The smallest absolute Gasteiger partial charge is 0.227 e. The van der Waals surface area contributed by atoms with E-state index >= 15 is 0 Å². The van der Waals surface area contributed by atoms with Gasteiger partial charge in [-0.3, -0.25) is 9.48 Å². The van der Waals surface area contributed by atoms with E-state index in [1.807, 2.05) is 42.3 Å². The van der Waals surface area contributed by atoms with Crippen LogP contribution < -0.4 is 5.32 Å². The Kier molecular flexibility index (Phi) is 6.45. The molecule has 1 aromatic carbocycles. The Bertz CT molecular complexity index is 794. The van der Waals surface area contributed by atoms with E-state index in [4.69, 9.17) is 11.6 Å². The Morgan fingerprint density at radius 3 is 2.89 bits per heavy atom. The molecule has 1 N–H and O–H groups in total. The van der Waals surface area contributed by atoms with Crippen LogP contribution in [0.15, 0.2) is 36.7 Å². The number of aromatic nitrogens is 2. The number of benzene rings is 1. The van der Waals surface area contributed by atoms with Gasteiger partial charge < -0.3 is 10.2 Å².